The van der Waals surface area contributed by atoms with E-state index in [9.17, 15) is 9.90 Å². The molecule has 0 aliphatic rings. The predicted molar refractivity (Wildman–Crippen MR) is 85.6 cm³/mol. The molecule has 4 nitrogen and oxygen atoms in total. The van der Waals surface area contributed by atoms with Crippen molar-refractivity contribution in [1.29, 1.82) is 0 Å². The molecule has 0 spiro atoms. The number of hydrogen-bond donors (Lipinski definition) is 2. The molecule has 0 atom stereocenters. The van der Waals surface area contributed by atoms with Crippen molar-refractivity contribution >= 4 is 35.2 Å². The van der Waals surface area contributed by atoms with Crippen molar-refractivity contribution in [2.75, 3.05) is 0 Å². The van der Waals surface area contributed by atoms with Crippen LogP contribution in [0.15, 0.2) is 42.5 Å². The van der Waals surface area contributed by atoms with E-state index in [0.717, 1.165) is 11.6 Å². The van der Waals surface area contributed by atoms with E-state index in [-0.39, 0.29) is 17.4 Å². The Hall–Kier alpha value is -2.17. The van der Waals surface area contributed by atoms with Crippen LogP contribution in [0.3, 0.4) is 0 Å². The van der Waals surface area contributed by atoms with Gasteiger partial charge in [0.2, 0.25) is 0 Å². The number of rotatable bonds is 5. The van der Waals surface area contributed by atoms with E-state index in [0.29, 0.717) is 16.3 Å². The highest BCUT2D eigenvalue weighted by Crippen LogP contribution is 2.33. The van der Waals surface area contributed by atoms with E-state index in [4.69, 9.17) is 33.0 Å². The van der Waals surface area contributed by atoms with Crippen molar-refractivity contribution in [3.63, 3.8) is 0 Å². The van der Waals surface area contributed by atoms with Crippen LogP contribution in [0.4, 0.5) is 0 Å². The van der Waals surface area contributed by atoms with Crippen LogP contribution < -0.4 is 4.74 Å². The Morgan fingerprint density at radius 1 is 1.14 bits per heavy atom. The number of aromatic hydroxyl groups is 1. The lowest BCUT2D eigenvalue weighted by molar-refractivity contribution is -0.131. The second kappa shape index (κ2) is 7.20. The molecule has 2 rings (SSSR count). The molecule has 2 aromatic rings. The Morgan fingerprint density at radius 2 is 1.82 bits per heavy atom. The highest BCUT2D eigenvalue weighted by atomic mass is 35.5. The van der Waals surface area contributed by atoms with Gasteiger partial charge in [-0.1, -0.05) is 35.3 Å². The molecule has 0 radical (unpaired) electrons. The van der Waals surface area contributed by atoms with Crippen LogP contribution in [-0.4, -0.2) is 16.2 Å². The van der Waals surface area contributed by atoms with Gasteiger partial charge in [0.15, 0.2) is 0 Å². The lowest BCUT2D eigenvalue weighted by atomic mass is 10.2. The number of phenolic OH excluding ortho intramolecular Hbond substituents is 1. The zero-order valence-corrected chi connectivity index (χ0v) is 12.8. The summed E-state index contributed by atoms with van der Waals surface area (Å²) in [5.74, 6) is -0.490. The van der Waals surface area contributed by atoms with Gasteiger partial charge in [0.1, 0.15) is 18.1 Å². The third-order valence-corrected chi connectivity index (χ3v) is 3.62. The Labute approximate surface area is 137 Å². The number of ether oxygens (including phenoxy) is 1. The van der Waals surface area contributed by atoms with Crippen molar-refractivity contribution in [2.45, 2.75) is 6.61 Å². The molecule has 0 aromatic heterocycles. The van der Waals surface area contributed by atoms with Gasteiger partial charge < -0.3 is 14.9 Å². The van der Waals surface area contributed by atoms with Crippen LogP contribution in [0.1, 0.15) is 11.1 Å². The van der Waals surface area contributed by atoms with Gasteiger partial charge in [-0.2, -0.15) is 0 Å². The summed E-state index contributed by atoms with van der Waals surface area (Å²) in [6.45, 7) is 0.108. The number of carboxylic acid groups (broad SMARTS) is 1. The van der Waals surface area contributed by atoms with Gasteiger partial charge in [-0.25, -0.2) is 4.79 Å². The summed E-state index contributed by atoms with van der Waals surface area (Å²) in [4.78, 5) is 10.4. The van der Waals surface area contributed by atoms with Gasteiger partial charge in [0.25, 0.3) is 0 Å². The Bertz CT molecular complexity index is 709. The monoisotopic (exact) mass is 338 g/mol. The molecule has 2 aromatic carbocycles. The maximum Gasteiger partial charge on any atom is 0.328 e. The summed E-state index contributed by atoms with van der Waals surface area (Å²) in [7, 11) is 0. The highest BCUT2D eigenvalue weighted by Gasteiger charge is 2.10. The predicted octanol–water partition coefficient (Wildman–Crippen LogP) is 4.38. The summed E-state index contributed by atoms with van der Waals surface area (Å²) in [6, 6.07) is 9.80. The second-order valence-electron chi connectivity index (χ2n) is 4.39. The molecule has 0 saturated heterocycles. The fraction of sp³-hybridized carbons (Fsp3) is 0.0625. The number of halogens is 2. The zero-order chi connectivity index (χ0) is 16.1. The summed E-state index contributed by atoms with van der Waals surface area (Å²) < 4.78 is 5.57. The lowest BCUT2D eigenvalue weighted by Gasteiger charge is -2.10. The van der Waals surface area contributed by atoms with Gasteiger partial charge in [-0.3, -0.25) is 0 Å². The molecular weight excluding hydrogens is 327 g/mol. The van der Waals surface area contributed by atoms with Gasteiger partial charge in [-0.05, 0) is 35.9 Å². The molecular formula is C16H12Cl2O4. The molecule has 0 unspecified atom stereocenters. The van der Waals surface area contributed by atoms with E-state index in [1.165, 1.54) is 12.1 Å². The smallest absolute Gasteiger partial charge is 0.328 e. The van der Waals surface area contributed by atoms with E-state index < -0.39 is 5.97 Å². The highest BCUT2D eigenvalue weighted by molar-refractivity contribution is 6.36. The molecule has 0 aliphatic heterocycles. The van der Waals surface area contributed by atoms with Crippen molar-refractivity contribution in [2.24, 2.45) is 0 Å². The van der Waals surface area contributed by atoms with E-state index >= 15 is 0 Å². The number of aliphatic carboxylic acids is 1. The third-order valence-electron chi connectivity index (χ3n) is 2.85. The zero-order valence-electron chi connectivity index (χ0n) is 11.3. The van der Waals surface area contributed by atoms with Gasteiger partial charge in [-0.15, -0.1) is 0 Å². The first-order valence-corrected chi connectivity index (χ1v) is 7.02. The van der Waals surface area contributed by atoms with Crippen molar-refractivity contribution in [1.82, 2.24) is 0 Å². The number of benzene rings is 2. The molecule has 0 saturated carbocycles. The topological polar surface area (TPSA) is 66.8 Å². The molecule has 2 N–H and O–H groups in total. The fourth-order valence-corrected chi connectivity index (χ4v) is 2.20. The molecule has 0 amide bonds. The Morgan fingerprint density at radius 3 is 2.45 bits per heavy atom. The largest absolute Gasteiger partial charge is 0.506 e. The number of phenols is 1. The Balaban J connectivity index is 2.06. The average molecular weight is 339 g/mol. The minimum absolute atomic E-state index is 0.0566. The van der Waals surface area contributed by atoms with Crippen LogP contribution in [0.5, 0.6) is 11.5 Å². The quantitative estimate of drug-likeness (QED) is 0.794. The fourth-order valence-electron chi connectivity index (χ4n) is 1.72. The second-order valence-corrected chi connectivity index (χ2v) is 5.17. The summed E-state index contributed by atoms with van der Waals surface area (Å²) in [5, 5.41) is 18.7. The van der Waals surface area contributed by atoms with Gasteiger partial charge in [0.05, 0.1) is 5.02 Å². The van der Waals surface area contributed by atoms with Crippen LogP contribution in [0.25, 0.3) is 6.08 Å². The lowest BCUT2D eigenvalue weighted by Crippen LogP contribution is -1.97. The normalized spacial score (nSPS) is 10.8. The third kappa shape index (κ3) is 4.16. The molecule has 0 bridgehead atoms. The number of carbonyl (C=O) groups is 1. The van der Waals surface area contributed by atoms with Gasteiger partial charge >= 0.3 is 5.97 Å². The van der Waals surface area contributed by atoms with E-state index in [1.807, 2.05) is 0 Å². The maximum absolute atomic E-state index is 10.4. The van der Waals surface area contributed by atoms with Crippen LogP contribution in [-0.2, 0) is 11.4 Å². The standard InChI is InChI=1S/C16H12Cl2O4/c17-13-6-7-14(19)16(18)12(13)9-22-11-4-1-10(2-5-11)3-8-15(20)21/h1-8,19H,9H2,(H,20,21). The Kier molecular flexibility index (Phi) is 5.31. The summed E-state index contributed by atoms with van der Waals surface area (Å²) in [5.41, 5.74) is 1.24. The molecule has 22 heavy (non-hydrogen) atoms. The van der Waals surface area contributed by atoms with Crippen molar-refractivity contribution < 1.29 is 19.7 Å². The summed E-state index contributed by atoms with van der Waals surface area (Å²) in [6.07, 6.45) is 2.54. The first kappa shape index (κ1) is 16.2. The molecule has 0 aliphatic carbocycles. The van der Waals surface area contributed by atoms with E-state index in [2.05, 4.69) is 0 Å². The van der Waals surface area contributed by atoms with Crippen molar-refractivity contribution in [3.8, 4) is 11.5 Å². The molecule has 0 heterocycles. The summed E-state index contributed by atoms with van der Waals surface area (Å²) >= 11 is 12.0. The minimum Gasteiger partial charge on any atom is -0.506 e. The minimum atomic E-state index is -1.01. The first-order valence-electron chi connectivity index (χ1n) is 6.27. The first-order chi connectivity index (χ1) is 10.5. The SMILES string of the molecule is O=C(O)C=Cc1ccc(OCc2c(Cl)ccc(O)c2Cl)cc1. The van der Waals surface area contributed by atoms with E-state index in [1.54, 1.807) is 30.3 Å². The number of hydrogen-bond acceptors (Lipinski definition) is 3. The van der Waals surface area contributed by atoms with Crippen molar-refractivity contribution in [3.05, 3.63) is 63.6 Å². The van der Waals surface area contributed by atoms with Crippen LogP contribution >= 0.6 is 23.2 Å². The average Bonchev–Trinajstić information content (AvgIpc) is 2.50. The maximum atomic E-state index is 10.4. The number of carboxylic acids is 1. The molecule has 0 fully saturated rings. The van der Waals surface area contributed by atoms with Crippen LogP contribution in [0, 0.1) is 0 Å². The van der Waals surface area contributed by atoms with Gasteiger partial charge in [0, 0.05) is 16.7 Å². The molecule has 6 heteroatoms. The van der Waals surface area contributed by atoms with Crippen LogP contribution in [0.2, 0.25) is 10.0 Å². The molecule has 114 valence electrons.